The van der Waals surface area contributed by atoms with Crippen molar-refractivity contribution in [2.45, 2.75) is 18.6 Å². The Morgan fingerprint density at radius 1 is 1.25 bits per heavy atom. The highest BCUT2D eigenvalue weighted by molar-refractivity contribution is 5.96. The summed E-state index contributed by atoms with van der Waals surface area (Å²) < 4.78 is 42.9. The third-order valence-electron chi connectivity index (χ3n) is 3.11. The number of aromatic nitrogens is 3. The Bertz CT molecular complexity index is 716. The van der Waals surface area contributed by atoms with Gasteiger partial charge in [0.25, 0.3) is 5.91 Å². The van der Waals surface area contributed by atoms with E-state index >= 15 is 0 Å². The lowest BCUT2D eigenvalue weighted by Crippen LogP contribution is -2.43. The van der Waals surface area contributed by atoms with Gasteiger partial charge in [-0.15, -0.1) is 0 Å². The van der Waals surface area contributed by atoms with Crippen LogP contribution < -0.4 is 5.32 Å². The van der Waals surface area contributed by atoms with Gasteiger partial charge in [-0.2, -0.15) is 28.6 Å². The number of H-pyrrole nitrogens is 1. The predicted octanol–water partition coefficient (Wildman–Crippen LogP) is 1.34. The van der Waals surface area contributed by atoms with Gasteiger partial charge in [-0.05, 0) is 5.56 Å². The molecule has 2 rings (SSSR count). The van der Waals surface area contributed by atoms with E-state index < -0.39 is 35.5 Å². The van der Waals surface area contributed by atoms with Crippen molar-refractivity contribution in [2.75, 3.05) is 7.11 Å². The van der Waals surface area contributed by atoms with Gasteiger partial charge in [0.1, 0.15) is 6.04 Å². The van der Waals surface area contributed by atoms with Crippen LogP contribution in [0.25, 0.3) is 0 Å². The number of ether oxygens (including phenoxy) is 1. The Morgan fingerprint density at radius 3 is 2.50 bits per heavy atom. The lowest BCUT2D eigenvalue weighted by Gasteiger charge is -2.16. The zero-order valence-corrected chi connectivity index (χ0v) is 12.4. The molecular formula is C14H13F3N4O3. The SMILES string of the molecule is COC(=O)C(Cc1ccccc1)NC(=O)c1n[nH]nc1C(F)(F)F. The van der Waals surface area contributed by atoms with Gasteiger partial charge in [0, 0.05) is 6.42 Å². The minimum absolute atomic E-state index is 0.0540. The number of benzene rings is 1. The number of methoxy groups -OCH3 is 1. The number of hydrogen-bond acceptors (Lipinski definition) is 5. The maximum atomic E-state index is 12.8. The van der Waals surface area contributed by atoms with Gasteiger partial charge in [-0.1, -0.05) is 30.3 Å². The molecule has 0 bridgehead atoms. The molecule has 1 unspecified atom stereocenters. The standard InChI is InChI=1S/C14H13F3N4O3/c1-24-13(23)9(7-8-5-3-2-4-6-8)18-12(22)10-11(14(15,16)17)20-21-19-10/h2-6,9H,7H2,1H3,(H,18,22)(H,19,20,21). The second kappa shape index (κ2) is 7.11. The number of aromatic amines is 1. The highest BCUT2D eigenvalue weighted by Crippen LogP contribution is 2.29. The third kappa shape index (κ3) is 4.09. The van der Waals surface area contributed by atoms with Crippen molar-refractivity contribution in [3.05, 3.63) is 47.3 Å². The van der Waals surface area contributed by atoms with Crippen LogP contribution in [0.4, 0.5) is 13.2 Å². The van der Waals surface area contributed by atoms with E-state index in [2.05, 4.69) is 20.3 Å². The summed E-state index contributed by atoms with van der Waals surface area (Å²) in [7, 11) is 1.11. The number of nitrogens with one attached hydrogen (secondary N) is 2. The largest absolute Gasteiger partial charge is 0.467 e. The summed E-state index contributed by atoms with van der Waals surface area (Å²) in [5.41, 5.74) is -1.70. The third-order valence-corrected chi connectivity index (χ3v) is 3.11. The molecule has 0 aliphatic heterocycles. The van der Waals surface area contributed by atoms with Crippen molar-refractivity contribution in [2.24, 2.45) is 0 Å². The average molecular weight is 342 g/mol. The van der Waals surface area contributed by atoms with E-state index in [0.717, 1.165) is 7.11 Å². The molecule has 0 saturated carbocycles. The van der Waals surface area contributed by atoms with Gasteiger partial charge in [0.15, 0.2) is 11.4 Å². The van der Waals surface area contributed by atoms with Crippen LogP contribution in [0.1, 0.15) is 21.7 Å². The number of hydrogen-bond donors (Lipinski definition) is 2. The molecule has 1 aromatic heterocycles. The van der Waals surface area contributed by atoms with Gasteiger partial charge in [-0.25, -0.2) is 4.79 Å². The predicted molar refractivity (Wildman–Crippen MR) is 74.8 cm³/mol. The van der Waals surface area contributed by atoms with Crippen LogP contribution in [0, 0.1) is 0 Å². The van der Waals surface area contributed by atoms with E-state index in [1.807, 2.05) is 0 Å². The first-order valence-corrected chi connectivity index (χ1v) is 6.73. The summed E-state index contributed by atoms with van der Waals surface area (Å²) in [4.78, 5) is 23.9. The summed E-state index contributed by atoms with van der Waals surface area (Å²) in [6.07, 6.45) is -4.79. The van der Waals surface area contributed by atoms with Crippen molar-refractivity contribution in [1.29, 1.82) is 0 Å². The molecule has 1 amide bonds. The Labute approximate surface area is 134 Å². The fourth-order valence-electron chi connectivity index (χ4n) is 2.00. The van der Waals surface area contributed by atoms with Gasteiger partial charge in [-0.3, -0.25) is 4.79 Å². The van der Waals surface area contributed by atoms with Crippen LogP contribution in [-0.4, -0.2) is 40.4 Å². The molecule has 0 saturated heterocycles. The molecule has 0 aliphatic carbocycles. The molecule has 7 nitrogen and oxygen atoms in total. The van der Waals surface area contributed by atoms with Crippen LogP contribution in [0.15, 0.2) is 30.3 Å². The van der Waals surface area contributed by atoms with Gasteiger partial charge < -0.3 is 10.1 Å². The summed E-state index contributed by atoms with van der Waals surface area (Å²) in [6, 6.07) is 7.47. The van der Waals surface area contributed by atoms with Crippen LogP contribution >= 0.6 is 0 Å². The Morgan fingerprint density at radius 2 is 1.92 bits per heavy atom. The molecule has 128 valence electrons. The highest BCUT2D eigenvalue weighted by Gasteiger charge is 2.40. The summed E-state index contributed by atoms with van der Waals surface area (Å²) in [6.45, 7) is 0. The van der Waals surface area contributed by atoms with Gasteiger partial charge in [0.2, 0.25) is 0 Å². The van der Waals surface area contributed by atoms with E-state index in [4.69, 9.17) is 0 Å². The second-order valence-electron chi connectivity index (χ2n) is 4.76. The number of amides is 1. The number of alkyl halides is 3. The number of rotatable bonds is 5. The first-order chi connectivity index (χ1) is 11.3. The van der Waals surface area contributed by atoms with E-state index in [1.165, 1.54) is 0 Å². The first kappa shape index (κ1) is 17.4. The number of carbonyl (C=O) groups excluding carboxylic acids is 2. The number of nitrogens with zero attached hydrogens (tertiary/aromatic N) is 2. The number of carbonyl (C=O) groups is 2. The number of halogens is 3. The van der Waals surface area contributed by atoms with Crippen molar-refractivity contribution < 1.29 is 27.5 Å². The molecular weight excluding hydrogens is 329 g/mol. The quantitative estimate of drug-likeness (QED) is 0.799. The maximum absolute atomic E-state index is 12.8. The normalized spacial score (nSPS) is 12.5. The molecule has 0 aliphatic rings. The smallest absolute Gasteiger partial charge is 0.437 e. The minimum atomic E-state index is -4.85. The zero-order valence-electron chi connectivity index (χ0n) is 12.4. The van der Waals surface area contributed by atoms with Crippen molar-refractivity contribution in [3.8, 4) is 0 Å². The minimum Gasteiger partial charge on any atom is -0.467 e. The fraction of sp³-hybridized carbons (Fsp3) is 0.286. The lowest BCUT2D eigenvalue weighted by molar-refractivity contribution is -0.142. The lowest BCUT2D eigenvalue weighted by atomic mass is 10.1. The van der Waals surface area contributed by atoms with Crippen molar-refractivity contribution in [1.82, 2.24) is 20.7 Å². The molecule has 1 heterocycles. The summed E-state index contributed by atoms with van der Waals surface area (Å²) in [5.74, 6) is -1.97. The molecule has 10 heteroatoms. The van der Waals surface area contributed by atoms with Gasteiger partial charge >= 0.3 is 12.1 Å². The summed E-state index contributed by atoms with van der Waals surface area (Å²) in [5, 5.41) is 10.1. The molecule has 1 aromatic carbocycles. The van der Waals surface area contributed by atoms with Crippen molar-refractivity contribution in [3.63, 3.8) is 0 Å². The Balaban J connectivity index is 2.19. The topological polar surface area (TPSA) is 97.0 Å². The van der Waals surface area contributed by atoms with E-state index in [0.29, 0.717) is 5.56 Å². The molecule has 0 spiro atoms. The molecule has 2 N–H and O–H groups in total. The van der Waals surface area contributed by atoms with E-state index in [9.17, 15) is 22.8 Å². The maximum Gasteiger partial charge on any atom is 0.437 e. The molecule has 2 aromatic rings. The van der Waals surface area contributed by atoms with Crippen LogP contribution in [0.2, 0.25) is 0 Å². The average Bonchev–Trinajstić information content (AvgIpc) is 3.04. The number of esters is 1. The van der Waals surface area contributed by atoms with Gasteiger partial charge in [0.05, 0.1) is 7.11 Å². The first-order valence-electron chi connectivity index (χ1n) is 6.73. The summed E-state index contributed by atoms with van der Waals surface area (Å²) >= 11 is 0. The van der Waals surface area contributed by atoms with Crippen LogP contribution in [0.5, 0.6) is 0 Å². The molecule has 0 radical (unpaired) electrons. The fourth-order valence-corrected chi connectivity index (χ4v) is 2.00. The monoisotopic (exact) mass is 342 g/mol. The Kier molecular flexibility index (Phi) is 5.17. The molecule has 0 fully saturated rings. The van der Waals surface area contributed by atoms with Crippen LogP contribution in [0.3, 0.4) is 0 Å². The van der Waals surface area contributed by atoms with E-state index in [1.54, 1.807) is 35.5 Å². The Hall–Kier alpha value is -2.91. The zero-order chi connectivity index (χ0) is 17.7. The second-order valence-corrected chi connectivity index (χ2v) is 4.76. The molecule has 1 atom stereocenters. The molecule has 24 heavy (non-hydrogen) atoms. The highest BCUT2D eigenvalue weighted by atomic mass is 19.4. The van der Waals surface area contributed by atoms with Crippen LogP contribution in [-0.2, 0) is 22.1 Å². The van der Waals surface area contributed by atoms with E-state index in [-0.39, 0.29) is 6.42 Å². The van der Waals surface area contributed by atoms with Crippen molar-refractivity contribution >= 4 is 11.9 Å².